The van der Waals surface area contributed by atoms with Crippen LogP contribution >= 0.6 is 0 Å². The van der Waals surface area contributed by atoms with Gasteiger partial charge in [-0.1, -0.05) is 24.3 Å². The van der Waals surface area contributed by atoms with Gasteiger partial charge in [0.25, 0.3) is 5.91 Å². The quantitative estimate of drug-likeness (QED) is 0.639. The highest BCUT2D eigenvalue weighted by Crippen LogP contribution is 2.36. The zero-order valence-corrected chi connectivity index (χ0v) is 15.6. The summed E-state index contributed by atoms with van der Waals surface area (Å²) >= 11 is 0. The van der Waals surface area contributed by atoms with Crippen LogP contribution in [0.4, 0.5) is 5.95 Å². The third-order valence-electron chi connectivity index (χ3n) is 5.14. The summed E-state index contributed by atoms with van der Waals surface area (Å²) in [4.78, 5) is 25.0. The largest absolute Gasteiger partial charge is 0.368 e. The topological polar surface area (TPSA) is 120 Å². The van der Waals surface area contributed by atoms with Crippen LogP contribution in [0.2, 0.25) is 0 Å². The average molecular weight is 374 g/mol. The normalized spacial score (nSPS) is 14.3. The second-order valence-electron chi connectivity index (χ2n) is 6.94. The van der Waals surface area contributed by atoms with Gasteiger partial charge in [0, 0.05) is 31.4 Å². The van der Waals surface area contributed by atoms with E-state index < -0.39 is 5.91 Å². The maximum Gasteiger partial charge on any atom is 0.267 e. The van der Waals surface area contributed by atoms with Gasteiger partial charge in [-0.25, -0.2) is 15.0 Å². The Morgan fingerprint density at radius 1 is 1.18 bits per heavy atom. The Labute approximate surface area is 163 Å². The summed E-state index contributed by atoms with van der Waals surface area (Å²) < 4.78 is 0. The number of primary amides is 1. The fourth-order valence-corrected chi connectivity index (χ4v) is 3.81. The van der Waals surface area contributed by atoms with E-state index in [1.165, 1.54) is 0 Å². The van der Waals surface area contributed by atoms with Crippen LogP contribution in [-0.4, -0.2) is 27.4 Å². The number of aryl methyl sites for hydroxylation is 1. The van der Waals surface area contributed by atoms with E-state index in [-0.39, 0.29) is 17.6 Å². The summed E-state index contributed by atoms with van der Waals surface area (Å²) in [6, 6.07) is 11.8. The van der Waals surface area contributed by atoms with E-state index in [1.807, 2.05) is 18.2 Å². The smallest absolute Gasteiger partial charge is 0.267 e. The predicted octanol–water partition coefficient (Wildman–Crippen LogP) is 1.69. The molecular weight excluding hydrogens is 352 g/mol. The van der Waals surface area contributed by atoms with Crippen LogP contribution in [0, 0.1) is 6.92 Å². The van der Waals surface area contributed by atoms with Gasteiger partial charge in [-0.05, 0) is 41.3 Å². The number of fused-ring (bicyclic) bond motifs is 1. The van der Waals surface area contributed by atoms with E-state index >= 15 is 0 Å². The van der Waals surface area contributed by atoms with Gasteiger partial charge < -0.3 is 16.8 Å². The van der Waals surface area contributed by atoms with Crippen LogP contribution in [0.25, 0.3) is 0 Å². The second-order valence-corrected chi connectivity index (χ2v) is 6.94. The number of nitrogens with one attached hydrogen (secondary N) is 1. The molecule has 7 heteroatoms. The molecule has 3 heterocycles. The lowest BCUT2D eigenvalue weighted by atomic mass is 9.82. The molecule has 0 radical (unpaired) electrons. The monoisotopic (exact) mass is 374 g/mol. The molecule has 0 fully saturated rings. The number of carbonyl (C=O) groups is 1. The molecule has 7 nitrogen and oxygen atoms in total. The number of amides is 1. The standard InChI is InChI=1S/C21H22N6O/c1-12-4-2-3-5-13(12)19(17-7-9-25-21(23)27-17)14-10-18(20(22)28)26-16-6-8-24-11-15(14)16/h2-5,7,9-10,19,24H,6,8,11H2,1H3,(H2,22,28)(H2,23,25,27). The summed E-state index contributed by atoms with van der Waals surface area (Å²) in [7, 11) is 0. The molecule has 0 saturated carbocycles. The summed E-state index contributed by atoms with van der Waals surface area (Å²) in [5.41, 5.74) is 17.7. The van der Waals surface area contributed by atoms with E-state index in [2.05, 4.69) is 39.3 Å². The van der Waals surface area contributed by atoms with Crippen LogP contribution in [0.5, 0.6) is 0 Å². The van der Waals surface area contributed by atoms with Gasteiger partial charge in [0.1, 0.15) is 5.69 Å². The molecule has 4 rings (SSSR count). The van der Waals surface area contributed by atoms with Gasteiger partial charge in [0.05, 0.1) is 11.6 Å². The Balaban J connectivity index is 2.01. The van der Waals surface area contributed by atoms with Gasteiger partial charge in [0.2, 0.25) is 5.95 Å². The van der Waals surface area contributed by atoms with Crippen LogP contribution in [0.1, 0.15) is 50.0 Å². The van der Waals surface area contributed by atoms with Crippen LogP contribution in [0.3, 0.4) is 0 Å². The van der Waals surface area contributed by atoms with Crippen molar-refractivity contribution in [2.45, 2.75) is 25.8 Å². The molecule has 28 heavy (non-hydrogen) atoms. The predicted molar refractivity (Wildman–Crippen MR) is 107 cm³/mol. The lowest BCUT2D eigenvalue weighted by Gasteiger charge is -2.27. The van der Waals surface area contributed by atoms with Gasteiger partial charge >= 0.3 is 0 Å². The molecule has 0 spiro atoms. The van der Waals surface area contributed by atoms with E-state index in [0.29, 0.717) is 6.54 Å². The summed E-state index contributed by atoms with van der Waals surface area (Å²) in [6.45, 7) is 3.56. The van der Waals surface area contributed by atoms with Crippen molar-refractivity contribution in [2.24, 2.45) is 5.73 Å². The Morgan fingerprint density at radius 3 is 2.75 bits per heavy atom. The molecule has 1 unspecified atom stereocenters. The highest BCUT2D eigenvalue weighted by molar-refractivity contribution is 5.91. The molecule has 3 aromatic rings. The SMILES string of the molecule is Cc1ccccc1C(c1ccnc(N)n1)c1cc(C(N)=O)nc2c1CNCC2. The first-order valence-electron chi connectivity index (χ1n) is 9.21. The van der Waals surface area contributed by atoms with Crippen LogP contribution in [0.15, 0.2) is 42.6 Å². The Bertz CT molecular complexity index is 1050. The Morgan fingerprint density at radius 2 is 2.00 bits per heavy atom. The maximum absolute atomic E-state index is 12.0. The first-order valence-corrected chi connectivity index (χ1v) is 9.21. The number of pyridine rings is 1. The number of nitrogens with zero attached hydrogens (tertiary/aromatic N) is 3. The molecule has 0 saturated heterocycles. The first kappa shape index (κ1) is 18.1. The molecule has 0 bridgehead atoms. The number of aromatic nitrogens is 3. The molecule has 1 aliphatic rings. The highest BCUT2D eigenvalue weighted by atomic mass is 16.1. The van der Waals surface area contributed by atoms with Crippen molar-refractivity contribution in [1.82, 2.24) is 20.3 Å². The van der Waals surface area contributed by atoms with E-state index in [4.69, 9.17) is 11.5 Å². The molecular formula is C21H22N6O. The zero-order chi connectivity index (χ0) is 19.7. The van der Waals surface area contributed by atoms with Crippen molar-refractivity contribution in [2.75, 3.05) is 12.3 Å². The lowest BCUT2D eigenvalue weighted by Crippen LogP contribution is -2.28. The molecule has 2 aromatic heterocycles. The Kier molecular flexibility index (Phi) is 4.75. The summed E-state index contributed by atoms with van der Waals surface area (Å²) in [5, 5.41) is 3.40. The highest BCUT2D eigenvalue weighted by Gasteiger charge is 2.27. The van der Waals surface area contributed by atoms with E-state index in [1.54, 1.807) is 12.3 Å². The average Bonchev–Trinajstić information content (AvgIpc) is 2.69. The van der Waals surface area contributed by atoms with Gasteiger partial charge in [0.15, 0.2) is 0 Å². The molecule has 1 aromatic carbocycles. The number of rotatable bonds is 4. The Hall–Kier alpha value is -3.32. The second kappa shape index (κ2) is 7.36. The molecule has 1 atom stereocenters. The fraction of sp³-hybridized carbons (Fsp3) is 0.238. The number of hydrogen-bond donors (Lipinski definition) is 3. The third kappa shape index (κ3) is 3.32. The molecule has 0 aliphatic carbocycles. The van der Waals surface area contributed by atoms with Gasteiger partial charge in [-0.15, -0.1) is 0 Å². The van der Waals surface area contributed by atoms with Crippen molar-refractivity contribution >= 4 is 11.9 Å². The zero-order valence-electron chi connectivity index (χ0n) is 15.6. The summed E-state index contributed by atoms with van der Waals surface area (Å²) in [6.07, 6.45) is 2.40. The number of benzene rings is 1. The minimum Gasteiger partial charge on any atom is -0.368 e. The minimum atomic E-state index is -0.534. The number of carbonyl (C=O) groups excluding carboxylic acids is 1. The van der Waals surface area contributed by atoms with E-state index in [0.717, 1.165) is 46.6 Å². The van der Waals surface area contributed by atoms with Crippen molar-refractivity contribution in [1.29, 1.82) is 0 Å². The number of hydrogen-bond acceptors (Lipinski definition) is 6. The molecule has 5 N–H and O–H groups in total. The third-order valence-corrected chi connectivity index (χ3v) is 5.14. The number of nitrogen functional groups attached to an aromatic ring is 1. The minimum absolute atomic E-state index is 0.207. The van der Waals surface area contributed by atoms with Crippen LogP contribution < -0.4 is 16.8 Å². The van der Waals surface area contributed by atoms with Gasteiger partial charge in [-0.2, -0.15) is 0 Å². The van der Waals surface area contributed by atoms with Crippen molar-refractivity contribution < 1.29 is 4.79 Å². The molecule has 142 valence electrons. The lowest BCUT2D eigenvalue weighted by molar-refractivity contribution is 0.0995. The first-order chi connectivity index (χ1) is 13.5. The van der Waals surface area contributed by atoms with Crippen molar-refractivity contribution in [3.05, 3.63) is 81.9 Å². The van der Waals surface area contributed by atoms with Crippen LogP contribution in [-0.2, 0) is 13.0 Å². The number of anilines is 1. The maximum atomic E-state index is 12.0. The fourth-order valence-electron chi connectivity index (χ4n) is 3.81. The number of nitrogens with two attached hydrogens (primary N) is 2. The summed E-state index contributed by atoms with van der Waals surface area (Å²) in [5.74, 6) is -0.526. The molecule has 1 aliphatic heterocycles. The van der Waals surface area contributed by atoms with Gasteiger partial charge in [-0.3, -0.25) is 4.79 Å². The van der Waals surface area contributed by atoms with E-state index in [9.17, 15) is 4.79 Å². The molecule has 1 amide bonds. The van der Waals surface area contributed by atoms with Crippen molar-refractivity contribution in [3.8, 4) is 0 Å². The van der Waals surface area contributed by atoms with Crippen molar-refractivity contribution in [3.63, 3.8) is 0 Å².